The first-order valence-corrected chi connectivity index (χ1v) is 6.89. The van der Waals surface area contributed by atoms with Crippen LogP contribution in [0.3, 0.4) is 0 Å². The Kier molecular flexibility index (Phi) is 4.95. The molecule has 1 amide bonds. The molecule has 0 aliphatic heterocycles. The molecule has 6 nitrogen and oxygen atoms in total. The van der Waals surface area contributed by atoms with E-state index >= 15 is 0 Å². The van der Waals surface area contributed by atoms with E-state index in [0.29, 0.717) is 16.4 Å². The van der Waals surface area contributed by atoms with E-state index in [2.05, 4.69) is 10.3 Å². The number of aromatic nitrogens is 1. The number of nitrogens with zero attached hydrogens (tertiary/aromatic N) is 1. The minimum absolute atomic E-state index is 0.0739. The number of anilines is 2. The molecule has 0 saturated carbocycles. The third-order valence-corrected chi connectivity index (χ3v) is 3.05. The Labute approximate surface area is 132 Å². The molecule has 0 unspecified atom stereocenters. The van der Waals surface area contributed by atoms with E-state index < -0.39 is 11.9 Å². The van der Waals surface area contributed by atoms with Gasteiger partial charge < -0.3 is 15.8 Å². The van der Waals surface area contributed by atoms with Crippen molar-refractivity contribution in [2.75, 3.05) is 17.7 Å². The molecule has 0 aliphatic carbocycles. The maximum absolute atomic E-state index is 12.1. The van der Waals surface area contributed by atoms with Crippen molar-refractivity contribution in [3.05, 3.63) is 52.8 Å². The van der Waals surface area contributed by atoms with Crippen molar-refractivity contribution in [1.82, 2.24) is 4.98 Å². The van der Waals surface area contributed by atoms with Crippen molar-refractivity contribution in [1.29, 1.82) is 0 Å². The molecule has 0 saturated heterocycles. The normalized spacial score (nSPS) is 10.1. The van der Waals surface area contributed by atoms with Gasteiger partial charge in [-0.05, 0) is 37.3 Å². The zero-order valence-electron chi connectivity index (χ0n) is 11.8. The van der Waals surface area contributed by atoms with Gasteiger partial charge in [0.05, 0.1) is 17.3 Å². The maximum Gasteiger partial charge on any atom is 0.356 e. The lowest BCUT2D eigenvalue weighted by atomic mass is 10.2. The molecule has 0 atom stereocenters. The van der Waals surface area contributed by atoms with Gasteiger partial charge >= 0.3 is 5.97 Å². The third-order valence-electron chi connectivity index (χ3n) is 2.72. The molecule has 0 aliphatic rings. The number of pyridine rings is 1. The first kappa shape index (κ1) is 15.8. The minimum atomic E-state index is -0.576. The number of nitrogen functional groups attached to an aromatic ring is 1. The van der Waals surface area contributed by atoms with Crippen molar-refractivity contribution in [2.24, 2.45) is 0 Å². The number of esters is 1. The van der Waals surface area contributed by atoms with Gasteiger partial charge in [0.15, 0.2) is 0 Å². The molecule has 0 fully saturated rings. The number of hydrogen-bond donors (Lipinski definition) is 2. The van der Waals surface area contributed by atoms with Crippen LogP contribution in [0.15, 0.2) is 36.4 Å². The van der Waals surface area contributed by atoms with E-state index in [-0.39, 0.29) is 18.0 Å². The Hall–Kier alpha value is -2.60. The maximum atomic E-state index is 12.1. The van der Waals surface area contributed by atoms with E-state index in [9.17, 15) is 9.59 Å². The average molecular weight is 320 g/mol. The molecule has 0 spiro atoms. The summed E-state index contributed by atoms with van der Waals surface area (Å²) in [5, 5.41) is 2.97. The van der Waals surface area contributed by atoms with Gasteiger partial charge in [-0.15, -0.1) is 0 Å². The number of ether oxygens (including phenoxy) is 1. The number of halogens is 1. The van der Waals surface area contributed by atoms with Gasteiger partial charge in [0.1, 0.15) is 11.4 Å². The standard InChI is InChI=1S/C15H14ClN3O3/c1-2-22-15(21)13-5-3-4-12(19-13)14(20)18-9-6-7-11(17)10(16)8-9/h3-8H,2,17H2,1H3,(H,18,20). The van der Waals surface area contributed by atoms with Crippen molar-refractivity contribution in [3.63, 3.8) is 0 Å². The van der Waals surface area contributed by atoms with E-state index in [1.54, 1.807) is 25.1 Å². The highest BCUT2D eigenvalue weighted by Gasteiger charge is 2.13. The average Bonchev–Trinajstić information content (AvgIpc) is 2.51. The molecule has 0 radical (unpaired) electrons. The summed E-state index contributed by atoms with van der Waals surface area (Å²) in [6.45, 7) is 1.93. The summed E-state index contributed by atoms with van der Waals surface area (Å²) in [6, 6.07) is 9.27. The Bertz CT molecular complexity index is 719. The summed E-state index contributed by atoms with van der Waals surface area (Å²) in [5.74, 6) is -1.04. The Morgan fingerprint density at radius 2 is 2.00 bits per heavy atom. The number of rotatable bonds is 4. The molecule has 22 heavy (non-hydrogen) atoms. The zero-order valence-corrected chi connectivity index (χ0v) is 12.6. The molecule has 1 aromatic heterocycles. The third kappa shape index (κ3) is 3.73. The van der Waals surface area contributed by atoms with Gasteiger partial charge in [0.2, 0.25) is 0 Å². The van der Waals surface area contributed by atoms with Gasteiger partial charge in [-0.3, -0.25) is 4.79 Å². The lowest BCUT2D eigenvalue weighted by molar-refractivity contribution is 0.0519. The van der Waals surface area contributed by atoms with E-state index in [0.717, 1.165) is 0 Å². The molecule has 2 rings (SSSR count). The molecule has 1 aromatic carbocycles. The minimum Gasteiger partial charge on any atom is -0.461 e. The quantitative estimate of drug-likeness (QED) is 0.667. The van der Waals surface area contributed by atoms with Crippen LogP contribution in [0.1, 0.15) is 27.9 Å². The Morgan fingerprint density at radius 3 is 2.68 bits per heavy atom. The van der Waals surface area contributed by atoms with Crippen LogP contribution in [0, 0.1) is 0 Å². The van der Waals surface area contributed by atoms with Crippen molar-refractivity contribution in [2.45, 2.75) is 6.92 Å². The van der Waals surface area contributed by atoms with E-state index in [1.165, 1.54) is 18.2 Å². The van der Waals surface area contributed by atoms with Gasteiger partial charge in [0.25, 0.3) is 5.91 Å². The highest BCUT2D eigenvalue weighted by molar-refractivity contribution is 6.33. The predicted molar refractivity (Wildman–Crippen MR) is 84.0 cm³/mol. The lowest BCUT2D eigenvalue weighted by Crippen LogP contribution is -2.16. The van der Waals surface area contributed by atoms with Crippen LogP contribution in [0.2, 0.25) is 5.02 Å². The van der Waals surface area contributed by atoms with Gasteiger partial charge in [-0.2, -0.15) is 0 Å². The molecule has 1 heterocycles. The highest BCUT2D eigenvalue weighted by atomic mass is 35.5. The SMILES string of the molecule is CCOC(=O)c1cccc(C(=O)Nc2ccc(N)c(Cl)c2)n1. The number of amides is 1. The number of benzene rings is 1. The summed E-state index contributed by atoms with van der Waals surface area (Å²) < 4.78 is 4.85. The molecule has 114 valence electrons. The summed E-state index contributed by atoms with van der Waals surface area (Å²) in [6.07, 6.45) is 0. The highest BCUT2D eigenvalue weighted by Crippen LogP contribution is 2.22. The van der Waals surface area contributed by atoms with Gasteiger partial charge in [0, 0.05) is 5.69 Å². The molecular weight excluding hydrogens is 306 g/mol. The summed E-state index contributed by atoms with van der Waals surface area (Å²) in [4.78, 5) is 27.7. The summed E-state index contributed by atoms with van der Waals surface area (Å²) in [5.41, 5.74) is 6.67. The first-order chi connectivity index (χ1) is 10.5. The van der Waals surface area contributed by atoms with E-state index in [1.807, 2.05) is 0 Å². The van der Waals surface area contributed by atoms with Crippen LogP contribution in [0.25, 0.3) is 0 Å². The Morgan fingerprint density at radius 1 is 1.27 bits per heavy atom. The monoisotopic (exact) mass is 319 g/mol. The smallest absolute Gasteiger partial charge is 0.356 e. The number of nitrogens with two attached hydrogens (primary N) is 1. The number of carbonyl (C=O) groups is 2. The fourth-order valence-corrected chi connectivity index (χ4v) is 1.86. The second-order valence-corrected chi connectivity index (χ2v) is 4.73. The lowest BCUT2D eigenvalue weighted by Gasteiger charge is -2.07. The van der Waals surface area contributed by atoms with Crippen molar-refractivity contribution < 1.29 is 14.3 Å². The number of nitrogens with one attached hydrogen (secondary N) is 1. The molecule has 0 bridgehead atoms. The predicted octanol–water partition coefficient (Wildman–Crippen LogP) is 2.75. The number of carbonyl (C=O) groups excluding carboxylic acids is 2. The second kappa shape index (κ2) is 6.91. The number of hydrogen-bond acceptors (Lipinski definition) is 5. The van der Waals surface area contributed by atoms with Crippen LogP contribution in [-0.4, -0.2) is 23.5 Å². The molecule has 2 aromatic rings. The molecule has 7 heteroatoms. The van der Waals surface area contributed by atoms with Crippen LogP contribution in [-0.2, 0) is 4.74 Å². The van der Waals surface area contributed by atoms with Crippen LogP contribution >= 0.6 is 11.6 Å². The van der Waals surface area contributed by atoms with Crippen LogP contribution < -0.4 is 11.1 Å². The Balaban J connectivity index is 2.17. The summed E-state index contributed by atoms with van der Waals surface area (Å²) in [7, 11) is 0. The van der Waals surface area contributed by atoms with Gasteiger partial charge in [-0.1, -0.05) is 17.7 Å². The fourth-order valence-electron chi connectivity index (χ4n) is 1.68. The van der Waals surface area contributed by atoms with Crippen molar-refractivity contribution in [3.8, 4) is 0 Å². The van der Waals surface area contributed by atoms with Crippen molar-refractivity contribution >= 4 is 34.9 Å². The van der Waals surface area contributed by atoms with Crippen LogP contribution in [0.4, 0.5) is 11.4 Å². The topological polar surface area (TPSA) is 94.3 Å². The zero-order chi connectivity index (χ0) is 16.1. The fraction of sp³-hybridized carbons (Fsp3) is 0.133. The second-order valence-electron chi connectivity index (χ2n) is 4.32. The largest absolute Gasteiger partial charge is 0.461 e. The van der Waals surface area contributed by atoms with E-state index in [4.69, 9.17) is 22.1 Å². The summed E-state index contributed by atoms with van der Waals surface area (Å²) >= 11 is 5.89. The van der Waals surface area contributed by atoms with Gasteiger partial charge in [-0.25, -0.2) is 9.78 Å². The van der Waals surface area contributed by atoms with Crippen LogP contribution in [0.5, 0.6) is 0 Å². The molecular formula is C15H14ClN3O3. The molecule has 3 N–H and O–H groups in total. The first-order valence-electron chi connectivity index (χ1n) is 6.52.